The van der Waals surface area contributed by atoms with Crippen LogP contribution in [0.25, 0.3) is 11.0 Å². The van der Waals surface area contributed by atoms with Crippen molar-refractivity contribution in [2.24, 2.45) is 0 Å². The first kappa shape index (κ1) is 12.3. The van der Waals surface area contributed by atoms with Gasteiger partial charge in [-0.15, -0.1) is 0 Å². The Labute approximate surface area is 111 Å². The Morgan fingerprint density at radius 2 is 2.26 bits per heavy atom. The van der Waals surface area contributed by atoms with Crippen LogP contribution >= 0.6 is 0 Å². The number of aromatic nitrogens is 2. The quantitative estimate of drug-likeness (QED) is 0.793. The van der Waals surface area contributed by atoms with Gasteiger partial charge in [-0.2, -0.15) is 0 Å². The third kappa shape index (κ3) is 2.25. The molecule has 102 valence electrons. The van der Waals surface area contributed by atoms with Gasteiger partial charge in [-0.05, 0) is 24.6 Å². The Morgan fingerprint density at radius 1 is 1.47 bits per heavy atom. The predicted molar refractivity (Wildman–Crippen MR) is 76.0 cm³/mol. The van der Waals surface area contributed by atoms with Crippen molar-refractivity contribution in [3.63, 3.8) is 0 Å². The molecule has 7 heteroatoms. The van der Waals surface area contributed by atoms with Crippen LogP contribution < -0.4 is 10.6 Å². The van der Waals surface area contributed by atoms with E-state index in [4.69, 9.17) is 5.73 Å². The highest BCUT2D eigenvalue weighted by Gasteiger charge is 2.31. The first-order valence-electron chi connectivity index (χ1n) is 6.13. The first-order chi connectivity index (χ1) is 8.94. The number of aromatic amines is 1. The molecule has 3 N–H and O–H groups in total. The van der Waals surface area contributed by atoms with Gasteiger partial charge in [0.05, 0.1) is 22.5 Å². The van der Waals surface area contributed by atoms with Crippen molar-refractivity contribution in [2.45, 2.75) is 12.5 Å². The molecule has 1 aromatic heterocycles. The summed E-state index contributed by atoms with van der Waals surface area (Å²) in [5.74, 6) is 1.14. The van der Waals surface area contributed by atoms with Gasteiger partial charge in [-0.25, -0.2) is 13.4 Å². The van der Waals surface area contributed by atoms with Crippen molar-refractivity contribution in [3.05, 3.63) is 18.2 Å². The van der Waals surface area contributed by atoms with Crippen LogP contribution in [0.5, 0.6) is 0 Å². The maximum atomic E-state index is 11.5. The average Bonchev–Trinajstić information content (AvgIpc) is 2.90. The molecule has 1 aromatic carbocycles. The van der Waals surface area contributed by atoms with E-state index >= 15 is 0 Å². The molecule has 0 aliphatic carbocycles. The summed E-state index contributed by atoms with van der Waals surface area (Å²) in [6, 6.07) is 5.46. The van der Waals surface area contributed by atoms with E-state index in [1.807, 2.05) is 24.1 Å². The summed E-state index contributed by atoms with van der Waals surface area (Å²) in [6.45, 7) is 0. The van der Waals surface area contributed by atoms with Gasteiger partial charge in [-0.1, -0.05) is 0 Å². The molecule has 1 aliphatic rings. The van der Waals surface area contributed by atoms with Gasteiger partial charge in [0.1, 0.15) is 0 Å². The third-order valence-electron chi connectivity index (χ3n) is 3.58. The summed E-state index contributed by atoms with van der Waals surface area (Å²) < 4.78 is 23.0. The van der Waals surface area contributed by atoms with Gasteiger partial charge in [0, 0.05) is 18.8 Å². The van der Waals surface area contributed by atoms with Crippen molar-refractivity contribution in [2.75, 3.05) is 29.2 Å². The smallest absolute Gasteiger partial charge is 0.203 e. The monoisotopic (exact) mass is 280 g/mol. The number of hydrogen-bond acceptors (Lipinski definition) is 5. The summed E-state index contributed by atoms with van der Waals surface area (Å²) in [5.41, 5.74) is 8.10. The van der Waals surface area contributed by atoms with E-state index in [0.29, 0.717) is 18.1 Å². The van der Waals surface area contributed by atoms with Crippen molar-refractivity contribution in [1.82, 2.24) is 9.97 Å². The highest BCUT2D eigenvalue weighted by atomic mass is 32.2. The second kappa shape index (κ2) is 4.12. The molecule has 1 fully saturated rings. The number of imidazole rings is 1. The number of sulfone groups is 1. The fraction of sp³-hybridized carbons (Fsp3) is 0.417. The molecule has 19 heavy (non-hydrogen) atoms. The molecule has 0 saturated carbocycles. The highest BCUT2D eigenvalue weighted by Crippen LogP contribution is 2.24. The van der Waals surface area contributed by atoms with Crippen molar-refractivity contribution >= 4 is 32.5 Å². The summed E-state index contributed by atoms with van der Waals surface area (Å²) in [4.78, 5) is 9.55. The molecule has 6 nitrogen and oxygen atoms in total. The minimum atomic E-state index is -2.89. The molecule has 1 atom stereocenters. The van der Waals surface area contributed by atoms with Crippen molar-refractivity contribution < 1.29 is 8.42 Å². The number of H-pyrrole nitrogens is 1. The summed E-state index contributed by atoms with van der Waals surface area (Å²) in [5, 5.41) is 0. The summed E-state index contributed by atoms with van der Waals surface area (Å²) >= 11 is 0. The van der Waals surface area contributed by atoms with Crippen LogP contribution in [0.4, 0.5) is 11.6 Å². The molecule has 0 spiro atoms. The SMILES string of the molecule is CN(c1nc2ccc(N)cc2[nH]1)C1CCS(=O)(=O)C1. The molecular formula is C12H16N4O2S. The Hall–Kier alpha value is -1.76. The molecule has 0 radical (unpaired) electrons. The van der Waals surface area contributed by atoms with E-state index in [2.05, 4.69) is 9.97 Å². The lowest BCUT2D eigenvalue weighted by Gasteiger charge is -2.22. The van der Waals surface area contributed by atoms with E-state index in [0.717, 1.165) is 11.0 Å². The minimum absolute atomic E-state index is 0.0112. The number of nitrogens with two attached hydrogens (primary N) is 1. The van der Waals surface area contributed by atoms with Gasteiger partial charge < -0.3 is 15.6 Å². The average molecular weight is 280 g/mol. The number of nitrogens with zero attached hydrogens (tertiary/aromatic N) is 2. The normalized spacial score (nSPS) is 21.8. The Morgan fingerprint density at radius 3 is 2.95 bits per heavy atom. The molecule has 1 aliphatic heterocycles. The van der Waals surface area contributed by atoms with Gasteiger partial charge >= 0.3 is 0 Å². The van der Waals surface area contributed by atoms with Crippen LogP contribution in [-0.4, -0.2) is 43.0 Å². The number of anilines is 2. The van der Waals surface area contributed by atoms with E-state index in [1.54, 1.807) is 6.07 Å². The topological polar surface area (TPSA) is 92.1 Å². The van der Waals surface area contributed by atoms with Crippen LogP contribution in [-0.2, 0) is 9.84 Å². The number of hydrogen-bond donors (Lipinski definition) is 2. The molecular weight excluding hydrogens is 264 g/mol. The number of nitrogens with one attached hydrogen (secondary N) is 1. The van der Waals surface area contributed by atoms with Crippen LogP contribution in [0.3, 0.4) is 0 Å². The van der Waals surface area contributed by atoms with E-state index < -0.39 is 9.84 Å². The lowest BCUT2D eigenvalue weighted by atomic mass is 10.2. The van der Waals surface area contributed by atoms with Gasteiger partial charge in [-0.3, -0.25) is 0 Å². The molecule has 0 amide bonds. The maximum Gasteiger partial charge on any atom is 0.203 e. The maximum absolute atomic E-state index is 11.5. The lowest BCUT2D eigenvalue weighted by Crippen LogP contribution is -2.33. The Balaban J connectivity index is 1.91. The Kier molecular flexibility index (Phi) is 2.67. The summed E-state index contributed by atoms with van der Waals surface area (Å²) in [6.07, 6.45) is 0.651. The zero-order valence-corrected chi connectivity index (χ0v) is 11.4. The zero-order chi connectivity index (χ0) is 13.6. The summed E-state index contributed by atoms with van der Waals surface area (Å²) in [7, 11) is -1.02. The number of nitrogen functional groups attached to an aromatic ring is 1. The van der Waals surface area contributed by atoms with Gasteiger partial charge in [0.25, 0.3) is 0 Å². The van der Waals surface area contributed by atoms with Crippen molar-refractivity contribution in [1.29, 1.82) is 0 Å². The number of fused-ring (bicyclic) bond motifs is 1. The van der Waals surface area contributed by atoms with Crippen LogP contribution in [0.1, 0.15) is 6.42 Å². The van der Waals surface area contributed by atoms with Crippen molar-refractivity contribution in [3.8, 4) is 0 Å². The zero-order valence-electron chi connectivity index (χ0n) is 10.6. The highest BCUT2D eigenvalue weighted by molar-refractivity contribution is 7.91. The molecule has 3 rings (SSSR count). The fourth-order valence-corrected chi connectivity index (χ4v) is 4.21. The lowest BCUT2D eigenvalue weighted by molar-refractivity contribution is 0.600. The Bertz CT molecular complexity index is 722. The number of rotatable bonds is 2. The molecule has 2 aromatic rings. The largest absolute Gasteiger partial charge is 0.399 e. The predicted octanol–water partition coefficient (Wildman–Crippen LogP) is 0.768. The second-order valence-corrected chi connectivity index (χ2v) is 7.23. The van der Waals surface area contributed by atoms with Gasteiger partial charge in [0.15, 0.2) is 9.84 Å². The van der Waals surface area contributed by atoms with Crippen LogP contribution in [0.15, 0.2) is 18.2 Å². The second-order valence-electron chi connectivity index (χ2n) is 5.00. The standard InChI is InChI=1S/C12H16N4O2S/c1-16(9-4-5-19(17,18)7-9)12-14-10-3-2-8(13)6-11(10)15-12/h2-3,6,9H,4-5,7,13H2,1H3,(H,14,15). The van der Waals surface area contributed by atoms with Crippen LogP contribution in [0, 0.1) is 0 Å². The van der Waals surface area contributed by atoms with E-state index in [-0.39, 0.29) is 17.5 Å². The molecule has 0 bridgehead atoms. The third-order valence-corrected chi connectivity index (χ3v) is 5.33. The number of benzene rings is 1. The molecule has 1 saturated heterocycles. The van der Waals surface area contributed by atoms with Crippen LogP contribution in [0.2, 0.25) is 0 Å². The van der Waals surface area contributed by atoms with Gasteiger partial charge in [0.2, 0.25) is 5.95 Å². The van der Waals surface area contributed by atoms with E-state index in [9.17, 15) is 8.42 Å². The fourth-order valence-electron chi connectivity index (χ4n) is 2.43. The molecule has 2 heterocycles. The minimum Gasteiger partial charge on any atom is -0.399 e. The first-order valence-corrected chi connectivity index (χ1v) is 7.95. The van der Waals surface area contributed by atoms with E-state index in [1.165, 1.54) is 0 Å². The molecule has 1 unspecified atom stereocenters.